The molecule has 0 bridgehead atoms. The van der Waals surface area contributed by atoms with Crippen LogP contribution in [0.15, 0.2) is 65.8 Å². The maximum Gasteiger partial charge on any atom is 0.416 e. The summed E-state index contributed by atoms with van der Waals surface area (Å²) < 4.78 is 45.5. The molecule has 0 aliphatic heterocycles. The number of carbonyl (C=O) groups is 1. The number of nitrogens with two attached hydrogens (primary N) is 2. The second-order valence-corrected chi connectivity index (χ2v) is 10.8. The topological polar surface area (TPSA) is 103 Å². The third-order valence-electron chi connectivity index (χ3n) is 6.22. The van der Waals surface area contributed by atoms with Crippen LogP contribution in [-0.4, -0.2) is 18.3 Å². The number of amidine groups is 1. The van der Waals surface area contributed by atoms with E-state index in [1.165, 1.54) is 12.1 Å². The van der Waals surface area contributed by atoms with Gasteiger partial charge in [0.25, 0.3) is 5.91 Å². The average Bonchev–Trinajstić information content (AvgIpc) is 2.85. The highest BCUT2D eigenvalue weighted by Gasteiger charge is 2.30. The van der Waals surface area contributed by atoms with Crippen molar-refractivity contribution in [2.24, 2.45) is 22.1 Å². The number of aryl methyl sites for hydroxylation is 2. The molecule has 0 saturated carbocycles. The SMILES string of the molecule is Cc1cc(OC(CC(C)(C)C)c2ccc(C(=O)NC/C(N)=N/N)cc2)cc(C)c1-c1ccc(C(F)(F)F)cc1. The summed E-state index contributed by atoms with van der Waals surface area (Å²) in [5.74, 6) is 5.58. The summed E-state index contributed by atoms with van der Waals surface area (Å²) >= 11 is 0. The van der Waals surface area contributed by atoms with Crippen LogP contribution in [0.4, 0.5) is 13.2 Å². The van der Waals surface area contributed by atoms with Crippen LogP contribution in [0.25, 0.3) is 11.1 Å². The summed E-state index contributed by atoms with van der Waals surface area (Å²) in [6.07, 6.45) is -3.96. The molecule has 1 unspecified atom stereocenters. The van der Waals surface area contributed by atoms with E-state index >= 15 is 0 Å². The molecule has 3 aromatic rings. The van der Waals surface area contributed by atoms with Gasteiger partial charge in [0.2, 0.25) is 0 Å². The Balaban J connectivity index is 1.85. The number of ether oxygens (including phenoxy) is 1. The van der Waals surface area contributed by atoms with Gasteiger partial charge in [0, 0.05) is 5.56 Å². The number of amides is 1. The normalized spacial score (nSPS) is 13.2. The first-order valence-electron chi connectivity index (χ1n) is 12.5. The van der Waals surface area contributed by atoms with Crippen molar-refractivity contribution in [1.29, 1.82) is 0 Å². The molecule has 3 rings (SSSR count). The van der Waals surface area contributed by atoms with Crippen LogP contribution in [-0.2, 0) is 6.18 Å². The average molecular weight is 541 g/mol. The first kappa shape index (κ1) is 29.5. The van der Waals surface area contributed by atoms with Crippen LogP contribution in [0.1, 0.15) is 65.9 Å². The van der Waals surface area contributed by atoms with Gasteiger partial charge in [0.1, 0.15) is 17.7 Å². The molecule has 0 spiro atoms. The highest BCUT2D eigenvalue weighted by Crippen LogP contribution is 2.37. The minimum Gasteiger partial charge on any atom is -0.486 e. The van der Waals surface area contributed by atoms with Crippen molar-refractivity contribution >= 4 is 11.7 Å². The summed E-state index contributed by atoms with van der Waals surface area (Å²) in [6, 6.07) is 16.2. The Kier molecular flexibility index (Phi) is 8.94. The van der Waals surface area contributed by atoms with E-state index in [-0.39, 0.29) is 29.8 Å². The second kappa shape index (κ2) is 11.8. The number of nitrogens with one attached hydrogen (secondary N) is 1. The number of benzene rings is 3. The number of rotatable bonds is 8. The van der Waals surface area contributed by atoms with Crippen molar-refractivity contribution in [1.82, 2.24) is 5.32 Å². The molecule has 9 heteroatoms. The maximum atomic E-state index is 13.0. The van der Waals surface area contributed by atoms with Gasteiger partial charge in [-0.3, -0.25) is 4.79 Å². The van der Waals surface area contributed by atoms with Crippen molar-refractivity contribution in [3.05, 3.63) is 88.5 Å². The van der Waals surface area contributed by atoms with Gasteiger partial charge in [0.15, 0.2) is 0 Å². The molecule has 1 atom stereocenters. The molecule has 208 valence electrons. The van der Waals surface area contributed by atoms with Gasteiger partial charge in [-0.2, -0.15) is 18.3 Å². The fraction of sp³-hybridized carbons (Fsp3) is 0.333. The van der Waals surface area contributed by atoms with Gasteiger partial charge < -0.3 is 21.6 Å². The van der Waals surface area contributed by atoms with E-state index in [9.17, 15) is 18.0 Å². The van der Waals surface area contributed by atoms with E-state index in [0.717, 1.165) is 34.4 Å². The maximum absolute atomic E-state index is 13.0. The van der Waals surface area contributed by atoms with Crippen LogP contribution in [0.3, 0.4) is 0 Å². The van der Waals surface area contributed by atoms with Crippen molar-refractivity contribution < 1.29 is 22.7 Å². The summed E-state index contributed by atoms with van der Waals surface area (Å²) in [6.45, 7) is 10.3. The number of hydrogen-bond acceptors (Lipinski definition) is 4. The lowest BCUT2D eigenvalue weighted by atomic mass is 9.86. The van der Waals surface area contributed by atoms with Gasteiger partial charge in [-0.15, -0.1) is 0 Å². The predicted molar refractivity (Wildman–Crippen MR) is 148 cm³/mol. The summed E-state index contributed by atoms with van der Waals surface area (Å²) in [4.78, 5) is 12.4. The standard InChI is InChI=1S/C30H35F3N4O2/c1-18-14-24(15-19(2)27(18)21-10-12-23(13-11-21)30(31,32)33)39-25(16-29(3,4)5)20-6-8-22(9-7-20)28(38)36-17-26(34)37-35/h6-15,25H,16-17,35H2,1-5H3,(H2,34,37)(H,36,38). The van der Waals surface area contributed by atoms with E-state index < -0.39 is 11.7 Å². The fourth-order valence-electron chi connectivity index (χ4n) is 4.39. The molecular formula is C30H35F3N4O2. The second-order valence-electron chi connectivity index (χ2n) is 10.8. The zero-order valence-corrected chi connectivity index (χ0v) is 22.8. The van der Waals surface area contributed by atoms with Gasteiger partial charge in [-0.05, 0) is 89.9 Å². The largest absolute Gasteiger partial charge is 0.486 e. The van der Waals surface area contributed by atoms with Crippen LogP contribution in [0.2, 0.25) is 0 Å². The Morgan fingerprint density at radius 2 is 1.54 bits per heavy atom. The quantitative estimate of drug-likeness (QED) is 0.131. The van der Waals surface area contributed by atoms with Crippen LogP contribution in [0.5, 0.6) is 5.75 Å². The lowest BCUT2D eigenvalue weighted by Gasteiger charge is -2.28. The van der Waals surface area contributed by atoms with Gasteiger partial charge in [-0.25, -0.2) is 0 Å². The lowest BCUT2D eigenvalue weighted by molar-refractivity contribution is -0.137. The van der Waals surface area contributed by atoms with E-state index in [1.807, 2.05) is 38.1 Å². The number of carbonyl (C=O) groups excluding carboxylic acids is 1. The van der Waals surface area contributed by atoms with E-state index in [4.69, 9.17) is 16.3 Å². The third-order valence-corrected chi connectivity index (χ3v) is 6.22. The number of alkyl halides is 3. The fourth-order valence-corrected chi connectivity index (χ4v) is 4.39. The molecule has 3 aromatic carbocycles. The van der Waals surface area contributed by atoms with E-state index in [1.54, 1.807) is 12.1 Å². The van der Waals surface area contributed by atoms with Gasteiger partial charge in [-0.1, -0.05) is 45.0 Å². The molecule has 0 radical (unpaired) electrons. The minimum atomic E-state index is -4.38. The van der Waals surface area contributed by atoms with Crippen molar-refractivity contribution in [3.63, 3.8) is 0 Å². The molecule has 0 saturated heterocycles. The first-order valence-corrected chi connectivity index (χ1v) is 12.5. The Morgan fingerprint density at radius 3 is 2.03 bits per heavy atom. The summed E-state index contributed by atoms with van der Waals surface area (Å²) in [5, 5.41) is 5.99. The zero-order chi connectivity index (χ0) is 29.0. The first-order chi connectivity index (χ1) is 18.2. The summed E-state index contributed by atoms with van der Waals surface area (Å²) in [7, 11) is 0. The predicted octanol–water partition coefficient (Wildman–Crippen LogP) is 6.51. The third kappa shape index (κ3) is 7.99. The Labute approximate surface area is 227 Å². The highest BCUT2D eigenvalue weighted by atomic mass is 19.4. The zero-order valence-electron chi connectivity index (χ0n) is 22.8. The number of hydrogen-bond donors (Lipinski definition) is 3. The van der Waals surface area contributed by atoms with Crippen LogP contribution >= 0.6 is 0 Å². The number of hydrazone groups is 1. The minimum absolute atomic E-state index is 0.0496. The van der Waals surface area contributed by atoms with E-state index in [2.05, 4.69) is 31.2 Å². The molecule has 5 N–H and O–H groups in total. The lowest BCUT2D eigenvalue weighted by Crippen LogP contribution is -2.34. The van der Waals surface area contributed by atoms with Crippen molar-refractivity contribution in [2.75, 3.05) is 6.54 Å². The van der Waals surface area contributed by atoms with Crippen molar-refractivity contribution in [3.8, 4) is 16.9 Å². The van der Waals surface area contributed by atoms with Gasteiger partial charge >= 0.3 is 6.18 Å². The number of halogens is 3. The van der Waals surface area contributed by atoms with E-state index in [0.29, 0.717) is 23.3 Å². The van der Waals surface area contributed by atoms with Crippen molar-refractivity contribution in [2.45, 2.75) is 53.3 Å². The molecule has 0 fully saturated rings. The molecule has 39 heavy (non-hydrogen) atoms. The molecule has 1 amide bonds. The van der Waals surface area contributed by atoms with Gasteiger partial charge in [0.05, 0.1) is 12.1 Å². The summed E-state index contributed by atoms with van der Waals surface area (Å²) in [5.41, 5.74) is 9.55. The van der Waals surface area contributed by atoms with Crippen LogP contribution in [0, 0.1) is 19.3 Å². The smallest absolute Gasteiger partial charge is 0.416 e. The van der Waals surface area contributed by atoms with Crippen LogP contribution < -0.4 is 21.6 Å². The Morgan fingerprint density at radius 1 is 0.974 bits per heavy atom. The molecule has 0 aromatic heterocycles. The highest BCUT2D eigenvalue weighted by molar-refractivity contribution is 5.97. The molecule has 0 heterocycles. The molecule has 0 aliphatic carbocycles. The number of nitrogens with zero attached hydrogens (tertiary/aromatic N) is 1. The molecule has 6 nitrogen and oxygen atoms in total. The monoisotopic (exact) mass is 540 g/mol. The molecular weight excluding hydrogens is 505 g/mol. The molecule has 0 aliphatic rings. The Hall–Kier alpha value is -4.01. The Bertz CT molecular complexity index is 1300.